The number of rotatable bonds is 5. The molecule has 1 spiro atoms. The van der Waals surface area contributed by atoms with E-state index in [1.165, 1.54) is 6.42 Å². The van der Waals surface area contributed by atoms with Gasteiger partial charge in [-0.2, -0.15) is 0 Å². The fraction of sp³-hybridized carbons (Fsp3) is 0.524. The average Bonchev–Trinajstić information content (AvgIpc) is 3.37. The Balaban J connectivity index is 0.00000150. The maximum atomic E-state index is 12.5. The number of hydrogen-bond acceptors (Lipinski definition) is 5. The number of benzene rings is 1. The van der Waals surface area contributed by atoms with Gasteiger partial charge in [-0.25, -0.2) is 4.98 Å². The van der Waals surface area contributed by atoms with Crippen LogP contribution in [0.2, 0.25) is 0 Å². The molecule has 0 atom stereocenters. The minimum atomic E-state index is 0. The summed E-state index contributed by atoms with van der Waals surface area (Å²) in [5.41, 5.74) is 1.39. The quantitative estimate of drug-likeness (QED) is 0.765. The first-order valence-corrected chi connectivity index (χ1v) is 9.75. The zero-order chi connectivity index (χ0) is 18.7. The molecule has 0 radical (unpaired) electrons. The third kappa shape index (κ3) is 5.44. The number of ether oxygens (including phenoxy) is 1. The second-order valence-corrected chi connectivity index (χ2v) is 7.65. The summed E-state index contributed by atoms with van der Waals surface area (Å²) >= 11 is 0. The van der Waals surface area contributed by atoms with Crippen LogP contribution in [-0.2, 0) is 11.2 Å². The van der Waals surface area contributed by atoms with Gasteiger partial charge >= 0.3 is 0 Å². The smallest absolute Gasteiger partial charge is 0.223 e. The highest BCUT2D eigenvalue weighted by atomic mass is 35.5. The number of aryl methyl sites for hydroxylation is 1. The molecule has 2 aromatic rings. The Morgan fingerprint density at radius 1 is 1.21 bits per heavy atom. The minimum absolute atomic E-state index is 0. The fourth-order valence-corrected chi connectivity index (χ4v) is 4.14. The first-order chi connectivity index (χ1) is 13.2. The van der Waals surface area contributed by atoms with Crippen molar-refractivity contribution in [3.8, 4) is 17.1 Å². The predicted molar refractivity (Wildman–Crippen MR) is 117 cm³/mol. The number of methoxy groups -OCH3 is 1. The maximum Gasteiger partial charge on any atom is 0.223 e. The highest BCUT2D eigenvalue weighted by Crippen LogP contribution is 2.37. The van der Waals surface area contributed by atoms with E-state index >= 15 is 0 Å². The maximum absolute atomic E-state index is 12.5. The van der Waals surface area contributed by atoms with E-state index in [2.05, 4.69) is 10.3 Å². The molecule has 2 saturated heterocycles. The number of nitrogens with one attached hydrogen (secondary N) is 1. The Kier molecular flexibility index (Phi) is 8.37. The van der Waals surface area contributed by atoms with Crippen molar-refractivity contribution in [3.63, 3.8) is 0 Å². The first kappa shape index (κ1) is 23.5. The van der Waals surface area contributed by atoms with Gasteiger partial charge in [-0.15, -0.1) is 24.8 Å². The number of amides is 1. The molecule has 3 heterocycles. The van der Waals surface area contributed by atoms with E-state index in [0.717, 1.165) is 50.3 Å². The summed E-state index contributed by atoms with van der Waals surface area (Å²) in [4.78, 5) is 18.9. The second kappa shape index (κ2) is 10.3. The van der Waals surface area contributed by atoms with Crippen LogP contribution >= 0.6 is 24.8 Å². The third-order valence-corrected chi connectivity index (χ3v) is 5.99. The molecule has 2 fully saturated rings. The molecule has 4 rings (SSSR count). The molecule has 0 aliphatic carbocycles. The summed E-state index contributed by atoms with van der Waals surface area (Å²) < 4.78 is 11.0. The summed E-state index contributed by atoms with van der Waals surface area (Å²) in [6.45, 7) is 3.99. The topological polar surface area (TPSA) is 67.6 Å². The molecule has 1 aromatic carbocycles. The number of hydrogen-bond donors (Lipinski definition) is 1. The van der Waals surface area contributed by atoms with E-state index in [4.69, 9.17) is 9.15 Å². The molecule has 0 saturated carbocycles. The second-order valence-electron chi connectivity index (χ2n) is 7.65. The van der Waals surface area contributed by atoms with Crippen molar-refractivity contribution in [1.29, 1.82) is 0 Å². The lowest BCUT2D eigenvalue weighted by molar-refractivity contribution is -0.133. The molecule has 1 amide bonds. The van der Waals surface area contributed by atoms with Gasteiger partial charge in [0.05, 0.1) is 13.3 Å². The highest BCUT2D eigenvalue weighted by Gasteiger charge is 2.37. The Hall–Kier alpha value is -1.76. The van der Waals surface area contributed by atoms with Gasteiger partial charge in [-0.1, -0.05) is 0 Å². The Bertz CT molecular complexity index is 779. The summed E-state index contributed by atoms with van der Waals surface area (Å²) in [6.07, 6.45) is 6.20. The van der Waals surface area contributed by atoms with E-state index in [1.54, 1.807) is 13.3 Å². The molecule has 8 heteroatoms. The van der Waals surface area contributed by atoms with Crippen LogP contribution in [0.15, 0.2) is 34.9 Å². The molecule has 1 aromatic heterocycles. The molecule has 6 nitrogen and oxygen atoms in total. The molecule has 0 unspecified atom stereocenters. The van der Waals surface area contributed by atoms with Gasteiger partial charge in [0.2, 0.25) is 5.91 Å². The monoisotopic (exact) mass is 441 g/mol. The number of halogens is 2. The lowest BCUT2D eigenvalue weighted by Crippen LogP contribution is -2.44. The molecule has 0 bridgehead atoms. The van der Waals surface area contributed by atoms with Crippen LogP contribution in [0.4, 0.5) is 0 Å². The number of nitrogens with zero attached hydrogens (tertiary/aromatic N) is 2. The van der Waals surface area contributed by atoms with E-state index in [-0.39, 0.29) is 30.7 Å². The van der Waals surface area contributed by atoms with E-state index in [1.807, 2.05) is 29.2 Å². The van der Waals surface area contributed by atoms with Crippen molar-refractivity contribution in [3.05, 3.63) is 36.4 Å². The molecule has 160 valence electrons. The summed E-state index contributed by atoms with van der Waals surface area (Å²) in [6, 6.07) is 7.67. The lowest BCUT2D eigenvalue weighted by atomic mass is 9.78. The third-order valence-electron chi connectivity index (χ3n) is 5.99. The summed E-state index contributed by atoms with van der Waals surface area (Å²) in [5, 5.41) is 3.46. The molecular formula is C21H29Cl2N3O3. The van der Waals surface area contributed by atoms with Crippen LogP contribution in [0.1, 0.15) is 31.6 Å². The number of oxazole rings is 1. The van der Waals surface area contributed by atoms with Crippen molar-refractivity contribution in [2.75, 3.05) is 33.3 Å². The van der Waals surface area contributed by atoms with Gasteiger partial charge in [0, 0.05) is 38.0 Å². The van der Waals surface area contributed by atoms with Gasteiger partial charge in [0.15, 0.2) is 11.7 Å². The molecule has 1 N–H and O–H groups in total. The zero-order valence-electron chi connectivity index (χ0n) is 16.7. The van der Waals surface area contributed by atoms with Crippen LogP contribution < -0.4 is 10.1 Å². The lowest BCUT2D eigenvalue weighted by Gasteiger charge is -2.38. The molecule has 29 heavy (non-hydrogen) atoms. The fourth-order valence-electron chi connectivity index (χ4n) is 4.14. The van der Waals surface area contributed by atoms with Crippen molar-refractivity contribution in [1.82, 2.24) is 15.2 Å². The Morgan fingerprint density at radius 2 is 1.93 bits per heavy atom. The summed E-state index contributed by atoms with van der Waals surface area (Å²) in [5.74, 6) is 2.34. The number of carbonyl (C=O) groups is 1. The van der Waals surface area contributed by atoms with Crippen molar-refractivity contribution in [2.24, 2.45) is 5.41 Å². The first-order valence-electron chi connectivity index (χ1n) is 9.75. The number of carbonyl (C=O) groups excluding carboxylic acids is 1. The van der Waals surface area contributed by atoms with Gasteiger partial charge in [0.25, 0.3) is 0 Å². The van der Waals surface area contributed by atoms with Gasteiger partial charge in [-0.05, 0) is 55.5 Å². The van der Waals surface area contributed by atoms with Crippen LogP contribution in [0.25, 0.3) is 11.3 Å². The van der Waals surface area contributed by atoms with Gasteiger partial charge in [-0.3, -0.25) is 4.79 Å². The molecule has 2 aliphatic heterocycles. The number of aromatic nitrogens is 1. The van der Waals surface area contributed by atoms with E-state index in [0.29, 0.717) is 29.9 Å². The SMILES string of the molecule is COc1ccc(-c2cnc(CCC(=O)N3CCC4(CCNC4)CC3)o2)cc1.Cl.Cl. The van der Waals surface area contributed by atoms with Gasteiger partial charge < -0.3 is 19.4 Å². The highest BCUT2D eigenvalue weighted by molar-refractivity contribution is 5.85. The van der Waals surface area contributed by atoms with Crippen LogP contribution in [0.5, 0.6) is 5.75 Å². The van der Waals surface area contributed by atoms with Crippen molar-refractivity contribution < 1.29 is 13.9 Å². The Labute approximate surface area is 184 Å². The van der Waals surface area contributed by atoms with Crippen LogP contribution in [0, 0.1) is 5.41 Å². The molecule has 2 aliphatic rings. The number of piperidine rings is 1. The molecular weight excluding hydrogens is 413 g/mol. The van der Waals surface area contributed by atoms with Crippen LogP contribution in [-0.4, -0.2) is 49.1 Å². The Morgan fingerprint density at radius 3 is 2.55 bits per heavy atom. The largest absolute Gasteiger partial charge is 0.497 e. The van der Waals surface area contributed by atoms with Gasteiger partial charge in [0.1, 0.15) is 5.75 Å². The van der Waals surface area contributed by atoms with Crippen molar-refractivity contribution in [2.45, 2.75) is 32.1 Å². The minimum Gasteiger partial charge on any atom is -0.497 e. The standard InChI is InChI=1S/C21H27N3O3.2ClH/c1-26-17-4-2-16(3-5-17)18-14-23-19(27-18)6-7-20(25)24-12-9-21(10-13-24)8-11-22-15-21;;/h2-5,14,22H,6-13,15H2,1H3;2*1H. The normalized spacial score (nSPS) is 17.5. The predicted octanol–water partition coefficient (Wildman–Crippen LogP) is 3.73. The van der Waals surface area contributed by atoms with Crippen molar-refractivity contribution >= 4 is 30.7 Å². The van der Waals surface area contributed by atoms with E-state index in [9.17, 15) is 4.79 Å². The van der Waals surface area contributed by atoms with E-state index < -0.39 is 0 Å². The van der Waals surface area contributed by atoms with Crippen LogP contribution in [0.3, 0.4) is 0 Å². The summed E-state index contributed by atoms with van der Waals surface area (Å²) in [7, 11) is 1.64. The average molecular weight is 442 g/mol. The zero-order valence-corrected chi connectivity index (χ0v) is 18.3. The number of likely N-dealkylation sites (tertiary alicyclic amines) is 1.